The zero-order chi connectivity index (χ0) is 11.3. The van der Waals surface area contributed by atoms with Gasteiger partial charge in [0.1, 0.15) is 0 Å². The van der Waals surface area contributed by atoms with Gasteiger partial charge in [-0.2, -0.15) is 13.2 Å². The fourth-order valence-corrected chi connectivity index (χ4v) is 1.99. The minimum absolute atomic E-state index is 0.0760. The van der Waals surface area contributed by atoms with Gasteiger partial charge in [0.05, 0.1) is 0 Å². The van der Waals surface area contributed by atoms with Crippen LogP contribution in [-0.2, 0) is 6.42 Å². The van der Waals surface area contributed by atoms with E-state index < -0.39 is 5.51 Å². The minimum Gasteiger partial charge on any atom is -0.160 e. The van der Waals surface area contributed by atoms with Gasteiger partial charge in [0.2, 0.25) is 0 Å². The van der Waals surface area contributed by atoms with E-state index in [1.807, 2.05) is 30.3 Å². The molecule has 0 saturated carbocycles. The van der Waals surface area contributed by atoms with Crippen molar-refractivity contribution in [3.8, 4) is 0 Å². The van der Waals surface area contributed by atoms with E-state index in [4.69, 9.17) is 0 Å². The van der Waals surface area contributed by atoms with E-state index in [1.165, 1.54) is 0 Å². The summed E-state index contributed by atoms with van der Waals surface area (Å²) in [6.45, 7) is 1.61. The monoisotopic (exact) mass is 234 g/mol. The molecule has 0 radical (unpaired) electrons. The molecule has 1 rings (SSSR count). The molecule has 0 unspecified atom stereocenters. The summed E-state index contributed by atoms with van der Waals surface area (Å²) >= 11 is 0.0760. The summed E-state index contributed by atoms with van der Waals surface area (Å²) in [4.78, 5) is 0. The number of hydrogen-bond donors (Lipinski definition) is 0. The Morgan fingerprint density at radius 1 is 1.20 bits per heavy atom. The Morgan fingerprint density at radius 2 is 1.80 bits per heavy atom. The summed E-state index contributed by atoms with van der Waals surface area (Å²) in [5.41, 5.74) is -3.03. The second kappa shape index (κ2) is 5.45. The fourth-order valence-electron chi connectivity index (χ4n) is 1.30. The van der Waals surface area contributed by atoms with E-state index in [0.29, 0.717) is 12.8 Å². The molecule has 0 nitrogen and oxygen atoms in total. The number of halogens is 3. The minimum atomic E-state index is -4.11. The molecule has 0 saturated heterocycles. The Hall–Kier alpha value is -0.640. The van der Waals surface area contributed by atoms with Gasteiger partial charge in [-0.1, -0.05) is 37.3 Å². The van der Waals surface area contributed by atoms with Crippen molar-refractivity contribution < 1.29 is 13.2 Å². The molecule has 0 amide bonds. The molecule has 0 fully saturated rings. The maximum Gasteiger partial charge on any atom is 0.442 e. The van der Waals surface area contributed by atoms with Crippen molar-refractivity contribution in [2.75, 3.05) is 0 Å². The maximum absolute atomic E-state index is 12.0. The molecule has 1 aromatic rings. The van der Waals surface area contributed by atoms with Crippen molar-refractivity contribution in [1.82, 2.24) is 0 Å². The van der Waals surface area contributed by atoms with Crippen LogP contribution in [0.4, 0.5) is 13.2 Å². The Kier molecular flexibility index (Phi) is 4.51. The van der Waals surface area contributed by atoms with Gasteiger partial charge < -0.3 is 0 Å². The second-order valence-corrected chi connectivity index (χ2v) is 4.90. The number of hydrogen-bond acceptors (Lipinski definition) is 1. The zero-order valence-electron chi connectivity index (χ0n) is 8.42. The third kappa shape index (κ3) is 5.72. The van der Waals surface area contributed by atoms with Gasteiger partial charge in [-0.3, -0.25) is 0 Å². The van der Waals surface area contributed by atoms with Gasteiger partial charge in [0.15, 0.2) is 0 Å². The van der Waals surface area contributed by atoms with Gasteiger partial charge in [-0.15, -0.1) is 0 Å². The number of rotatable bonds is 4. The summed E-state index contributed by atoms with van der Waals surface area (Å²) in [7, 11) is 0. The predicted molar refractivity (Wildman–Crippen MR) is 57.9 cm³/mol. The highest BCUT2D eigenvalue weighted by Crippen LogP contribution is 2.35. The first kappa shape index (κ1) is 12.4. The number of benzene rings is 1. The fraction of sp³-hybridized carbons (Fsp3) is 0.455. The van der Waals surface area contributed by atoms with Crippen LogP contribution in [0, 0.1) is 0 Å². The van der Waals surface area contributed by atoms with Crippen LogP contribution < -0.4 is 0 Å². The third-order valence-electron chi connectivity index (χ3n) is 2.02. The first-order valence-corrected chi connectivity index (χ1v) is 5.64. The lowest BCUT2D eigenvalue weighted by Crippen LogP contribution is -2.09. The normalized spacial score (nSPS) is 13.9. The van der Waals surface area contributed by atoms with E-state index in [1.54, 1.807) is 6.92 Å². The van der Waals surface area contributed by atoms with Gasteiger partial charge >= 0.3 is 5.51 Å². The number of aryl methyl sites for hydroxylation is 1. The highest BCUT2D eigenvalue weighted by molar-refractivity contribution is 8.00. The molecule has 0 spiro atoms. The lowest BCUT2D eigenvalue weighted by molar-refractivity contribution is -0.0333. The van der Waals surface area contributed by atoms with E-state index in [9.17, 15) is 13.2 Å². The van der Waals surface area contributed by atoms with Crippen molar-refractivity contribution in [1.29, 1.82) is 0 Å². The molecule has 0 aliphatic carbocycles. The Labute approximate surface area is 91.9 Å². The maximum atomic E-state index is 12.0. The molecule has 0 N–H and O–H groups in total. The lowest BCUT2D eigenvalue weighted by Gasteiger charge is -2.12. The molecule has 0 aliphatic heterocycles. The standard InChI is InChI=1S/C11H13F3S/c1-9(15-11(12,13)14)7-8-10-5-3-2-4-6-10/h2-6,9H,7-8H2,1H3/t9-/m0/s1. The quantitative estimate of drug-likeness (QED) is 0.750. The summed E-state index contributed by atoms with van der Waals surface area (Å²) < 4.78 is 36.0. The first-order valence-electron chi connectivity index (χ1n) is 4.76. The predicted octanol–water partition coefficient (Wildman–Crippen LogP) is 4.26. The zero-order valence-corrected chi connectivity index (χ0v) is 9.24. The van der Waals surface area contributed by atoms with Crippen LogP contribution in [0.25, 0.3) is 0 Å². The lowest BCUT2D eigenvalue weighted by atomic mass is 10.1. The van der Waals surface area contributed by atoms with E-state index in [2.05, 4.69) is 0 Å². The Morgan fingerprint density at radius 3 is 2.33 bits per heavy atom. The average Bonchev–Trinajstić information content (AvgIpc) is 2.14. The van der Waals surface area contributed by atoms with Crippen molar-refractivity contribution in [3.63, 3.8) is 0 Å². The summed E-state index contributed by atoms with van der Waals surface area (Å²) in [5.74, 6) is 0. The molecular weight excluding hydrogens is 221 g/mol. The molecule has 0 aromatic heterocycles. The van der Waals surface area contributed by atoms with Gasteiger partial charge in [-0.25, -0.2) is 0 Å². The van der Waals surface area contributed by atoms with E-state index in [-0.39, 0.29) is 17.0 Å². The molecule has 4 heteroatoms. The van der Waals surface area contributed by atoms with E-state index >= 15 is 0 Å². The molecular formula is C11H13F3S. The largest absolute Gasteiger partial charge is 0.442 e. The third-order valence-corrected chi connectivity index (χ3v) is 2.92. The van der Waals surface area contributed by atoms with Crippen molar-refractivity contribution in [3.05, 3.63) is 35.9 Å². The van der Waals surface area contributed by atoms with Gasteiger partial charge in [0.25, 0.3) is 0 Å². The molecule has 1 atom stereocenters. The SMILES string of the molecule is C[C@@H](CCc1ccccc1)SC(F)(F)F. The van der Waals surface area contributed by atoms with Crippen molar-refractivity contribution in [2.45, 2.75) is 30.5 Å². The molecule has 0 bridgehead atoms. The molecule has 84 valence electrons. The smallest absolute Gasteiger partial charge is 0.160 e. The van der Waals surface area contributed by atoms with Crippen molar-refractivity contribution in [2.24, 2.45) is 0 Å². The molecule has 0 aliphatic rings. The molecule has 0 heterocycles. The second-order valence-electron chi connectivity index (χ2n) is 3.40. The summed E-state index contributed by atoms with van der Waals surface area (Å²) in [6.07, 6.45) is 1.25. The topological polar surface area (TPSA) is 0 Å². The van der Waals surface area contributed by atoms with Gasteiger partial charge in [0, 0.05) is 5.25 Å². The van der Waals surface area contributed by atoms with Crippen LogP contribution >= 0.6 is 11.8 Å². The Balaban J connectivity index is 2.32. The van der Waals surface area contributed by atoms with Crippen LogP contribution in [0.1, 0.15) is 18.9 Å². The van der Waals surface area contributed by atoms with Crippen LogP contribution in [0.5, 0.6) is 0 Å². The van der Waals surface area contributed by atoms with Crippen molar-refractivity contribution >= 4 is 11.8 Å². The first-order chi connectivity index (χ1) is 6.97. The highest BCUT2D eigenvalue weighted by Gasteiger charge is 2.30. The van der Waals surface area contributed by atoms with E-state index in [0.717, 1.165) is 5.56 Å². The average molecular weight is 234 g/mol. The van der Waals surface area contributed by atoms with Crippen LogP contribution in [0.2, 0.25) is 0 Å². The van der Waals surface area contributed by atoms with Crippen LogP contribution in [0.3, 0.4) is 0 Å². The number of thioether (sulfide) groups is 1. The Bertz CT molecular complexity index is 282. The summed E-state index contributed by atoms with van der Waals surface area (Å²) in [5, 5.41) is -0.384. The van der Waals surface area contributed by atoms with Gasteiger partial charge in [-0.05, 0) is 30.2 Å². The summed E-state index contributed by atoms with van der Waals surface area (Å²) in [6, 6.07) is 9.57. The van der Waals surface area contributed by atoms with Crippen LogP contribution in [-0.4, -0.2) is 10.8 Å². The highest BCUT2D eigenvalue weighted by atomic mass is 32.2. The number of alkyl halides is 3. The van der Waals surface area contributed by atoms with Crippen LogP contribution in [0.15, 0.2) is 30.3 Å². The molecule has 1 aromatic carbocycles. The molecule has 15 heavy (non-hydrogen) atoms.